The zero-order valence-electron chi connectivity index (χ0n) is 21.2. The minimum absolute atomic E-state index is 0.0563. The predicted molar refractivity (Wildman–Crippen MR) is 134 cm³/mol. The van der Waals surface area contributed by atoms with Crippen molar-refractivity contribution in [3.63, 3.8) is 0 Å². The van der Waals surface area contributed by atoms with Crippen LogP contribution >= 0.6 is 0 Å². The van der Waals surface area contributed by atoms with E-state index in [0.717, 1.165) is 70.0 Å². The van der Waals surface area contributed by atoms with Gasteiger partial charge in [-0.2, -0.15) is 4.98 Å². The minimum Gasteiger partial charge on any atom is -0.352 e. The highest BCUT2D eigenvalue weighted by molar-refractivity contribution is 5.94. The molecule has 2 aromatic rings. The van der Waals surface area contributed by atoms with E-state index in [0.29, 0.717) is 30.2 Å². The Morgan fingerprint density at radius 2 is 1.75 bits per heavy atom. The number of hydrogen-bond acceptors (Lipinski definition) is 6. The van der Waals surface area contributed by atoms with Crippen molar-refractivity contribution < 1.29 is 18.9 Å². The molecule has 1 saturated carbocycles. The lowest BCUT2D eigenvalue weighted by atomic mass is 9.89. The Morgan fingerprint density at radius 3 is 2.47 bits per heavy atom. The number of likely N-dealkylation sites (tertiary alicyclic amines) is 1. The molecule has 0 bridgehead atoms. The Labute approximate surface area is 212 Å². The van der Waals surface area contributed by atoms with Crippen LogP contribution in [0.25, 0.3) is 0 Å². The van der Waals surface area contributed by atoms with Gasteiger partial charge < -0.3 is 20.1 Å². The summed E-state index contributed by atoms with van der Waals surface area (Å²) in [5.74, 6) is 0.715. The maximum absolute atomic E-state index is 12.8. The third-order valence-electron chi connectivity index (χ3n) is 7.14. The van der Waals surface area contributed by atoms with Crippen molar-refractivity contribution in [2.24, 2.45) is 0 Å². The normalized spacial score (nSPS) is 17.8. The topological polar surface area (TPSA) is 117 Å². The van der Waals surface area contributed by atoms with Crippen molar-refractivity contribution in [2.75, 3.05) is 13.1 Å². The van der Waals surface area contributed by atoms with Crippen molar-refractivity contribution in [1.82, 2.24) is 25.7 Å². The van der Waals surface area contributed by atoms with Crippen molar-refractivity contribution >= 4 is 17.7 Å². The first-order valence-corrected chi connectivity index (χ1v) is 13.2. The molecule has 1 aliphatic heterocycles. The van der Waals surface area contributed by atoms with Gasteiger partial charge in [-0.05, 0) is 49.8 Å². The van der Waals surface area contributed by atoms with Gasteiger partial charge in [0, 0.05) is 45.0 Å². The molecule has 0 atom stereocenters. The highest BCUT2D eigenvalue weighted by Gasteiger charge is 2.38. The molecule has 2 heterocycles. The van der Waals surface area contributed by atoms with E-state index >= 15 is 0 Å². The summed E-state index contributed by atoms with van der Waals surface area (Å²) in [6.07, 6.45) is 9.63. The number of nitrogens with one attached hydrogen (secondary N) is 2. The van der Waals surface area contributed by atoms with Gasteiger partial charge in [0.2, 0.25) is 17.7 Å². The number of carbonyl (C=O) groups excluding carboxylic acids is 3. The van der Waals surface area contributed by atoms with E-state index in [4.69, 9.17) is 4.52 Å². The maximum Gasteiger partial charge on any atom is 0.253 e. The molecule has 4 rings (SSSR count). The van der Waals surface area contributed by atoms with Gasteiger partial charge in [0.15, 0.2) is 5.82 Å². The Balaban J connectivity index is 1.29. The van der Waals surface area contributed by atoms with E-state index < -0.39 is 5.54 Å². The third-order valence-corrected chi connectivity index (χ3v) is 7.14. The van der Waals surface area contributed by atoms with Crippen molar-refractivity contribution in [3.05, 3.63) is 47.1 Å². The monoisotopic (exact) mass is 495 g/mol. The fourth-order valence-electron chi connectivity index (χ4n) is 5.23. The number of aromatic nitrogens is 2. The van der Waals surface area contributed by atoms with E-state index in [1.54, 1.807) is 0 Å². The molecule has 3 amide bonds. The molecule has 2 N–H and O–H groups in total. The van der Waals surface area contributed by atoms with Crippen LogP contribution in [0.3, 0.4) is 0 Å². The molecule has 0 spiro atoms. The standard InChI is InChI=1S/C27H37N5O4/c1-20(33)30-27(14-5-2-3-6-15-27)26-29-24(36-31-26)13-12-23(34)28-19-21-10-9-11-22(18-21)25(35)32-16-7-4-8-17-32/h9-11,18H,2-8,12-17,19H2,1H3,(H,28,34)(H,30,33). The summed E-state index contributed by atoms with van der Waals surface area (Å²) < 4.78 is 5.44. The Kier molecular flexibility index (Phi) is 8.72. The Bertz CT molecular complexity index is 1050. The molecule has 36 heavy (non-hydrogen) atoms. The first kappa shape index (κ1) is 25.9. The van der Waals surface area contributed by atoms with Crippen molar-refractivity contribution in [2.45, 2.75) is 89.6 Å². The van der Waals surface area contributed by atoms with Gasteiger partial charge in [0.05, 0.1) is 0 Å². The lowest BCUT2D eigenvalue weighted by molar-refractivity contribution is -0.122. The molecule has 1 aromatic carbocycles. The average Bonchev–Trinajstić information content (AvgIpc) is 3.26. The lowest BCUT2D eigenvalue weighted by Gasteiger charge is -2.30. The average molecular weight is 496 g/mol. The summed E-state index contributed by atoms with van der Waals surface area (Å²) in [5.41, 5.74) is 0.953. The SMILES string of the molecule is CC(=O)NC1(c2noc(CCC(=O)NCc3cccc(C(=O)N4CCCCC4)c3)n2)CCCCCC1. The van der Waals surface area contributed by atoms with Crippen LogP contribution < -0.4 is 10.6 Å². The number of rotatable bonds is 8. The van der Waals surface area contributed by atoms with Crippen molar-refractivity contribution in [3.8, 4) is 0 Å². The second kappa shape index (κ2) is 12.1. The number of hydrogen-bond donors (Lipinski definition) is 2. The molecule has 1 aliphatic carbocycles. The number of amides is 3. The van der Waals surface area contributed by atoms with E-state index in [9.17, 15) is 14.4 Å². The van der Waals surface area contributed by atoms with Gasteiger partial charge >= 0.3 is 0 Å². The lowest BCUT2D eigenvalue weighted by Crippen LogP contribution is -2.45. The van der Waals surface area contributed by atoms with Crippen LogP contribution in [0.4, 0.5) is 0 Å². The van der Waals surface area contributed by atoms with Crippen LogP contribution in [0.15, 0.2) is 28.8 Å². The number of benzene rings is 1. The Hall–Kier alpha value is -3.23. The summed E-state index contributed by atoms with van der Waals surface area (Å²) in [6, 6.07) is 7.45. The van der Waals surface area contributed by atoms with E-state index in [-0.39, 0.29) is 24.1 Å². The summed E-state index contributed by atoms with van der Waals surface area (Å²) in [7, 11) is 0. The van der Waals surface area contributed by atoms with Gasteiger partial charge in [-0.25, -0.2) is 0 Å². The summed E-state index contributed by atoms with van der Waals surface area (Å²) in [6.45, 7) is 3.48. The van der Waals surface area contributed by atoms with Gasteiger partial charge in [-0.1, -0.05) is 43.0 Å². The van der Waals surface area contributed by atoms with Crippen molar-refractivity contribution in [1.29, 1.82) is 0 Å². The molecule has 9 heteroatoms. The molecule has 194 valence electrons. The molecule has 0 unspecified atom stereocenters. The molecular formula is C27H37N5O4. The summed E-state index contributed by atoms with van der Waals surface area (Å²) in [4.78, 5) is 43.6. The van der Waals surface area contributed by atoms with Crippen LogP contribution in [0.2, 0.25) is 0 Å². The molecule has 9 nitrogen and oxygen atoms in total. The molecular weight excluding hydrogens is 458 g/mol. The molecule has 0 radical (unpaired) electrons. The second-order valence-corrected chi connectivity index (χ2v) is 10.0. The zero-order valence-corrected chi connectivity index (χ0v) is 21.2. The Morgan fingerprint density at radius 1 is 1.03 bits per heavy atom. The van der Waals surface area contributed by atoms with Gasteiger partial charge in [0.25, 0.3) is 5.91 Å². The van der Waals surface area contributed by atoms with Crippen LogP contribution in [-0.4, -0.2) is 45.9 Å². The highest BCUT2D eigenvalue weighted by atomic mass is 16.5. The summed E-state index contributed by atoms with van der Waals surface area (Å²) >= 11 is 0. The van der Waals surface area contributed by atoms with Crippen LogP contribution in [-0.2, 0) is 28.1 Å². The van der Waals surface area contributed by atoms with Gasteiger partial charge in [-0.3, -0.25) is 14.4 Å². The highest BCUT2D eigenvalue weighted by Crippen LogP contribution is 2.34. The first-order valence-electron chi connectivity index (χ1n) is 13.2. The third kappa shape index (κ3) is 6.71. The number of piperidine rings is 1. The first-order chi connectivity index (χ1) is 17.4. The van der Waals surface area contributed by atoms with Gasteiger partial charge in [0.1, 0.15) is 5.54 Å². The zero-order chi connectivity index (χ0) is 25.4. The number of aryl methyl sites for hydroxylation is 1. The smallest absolute Gasteiger partial charge is 0.253 e. The molecule has 2 fully saturated rings. The van der Waals surface area contributed by atoms with E-state index in [1.807, 2.05) is 29.2 Å². The quantitative estimate of drug-likeness (QED) is 0.540. The molecule has 1 aromatic heterocycles. The van der Waals surface area contributed by atoms with E-state index in [1.165, 1.54) is 13.3 Å². The van der Waals surface area contributed by atoms with E-state index in [2.05, 4.69) is 20.8 Å². The molecule has 2 aliphatic rings. The predicted octanol–water partition coefficient (Wildman–Crippen LogP) is 3.63. The fraction of sp³-hybridized carbons (Fsp3) is 0.593. The molecule has 1 saturated heterocycles. The minimum atomic E-state index is -0.594. The maximum atomic E-state index is 12.8. The fourth-order valence-corrected chi connectivity index (χ4v) is 5.23. The summed E-state index contributed by atoms with van der Waals surface area (Å²) in [5, 5.41) is 10.2. The second-order valence-electron chi connectivity index (χ2n) is 10.0. The van der Waals surface area contributed by atoms with Gasteiger partial charge in [-0.15, -0.1) is 0 Å². The van der Waals surface area contributed by atoms with Crippen LogP contribution in [0.5, 0.6) is 0 Å². The number of nitrogens with zero attached hydrogens (tertiary/aromatic N) is 3. The largest absolute Gasteiger partial charge is 0.352 e. The number of carbonyl (C=O) groups is 3. The van der Waals surface area contributed by atoms with Crippen LogP contribution in [0, 0.1) is 0 Å². The van der Waals surface area contributed by atoms with Crippen LogP contribution in [0.1, 0.15) is 98.8 Å².